The number of nitrogens with zero attached hydrogens (tertiary/aromatic N) is 4. The number of hydrogen-bond donors (Lipinski definition) is 1. The third-order valence-electron chi connectivity index (χ3n) is 2.86. The number of aromatic nitrogens is 4. The molecule has 3 rings (SSSR count). The molecule has 96 valence electrons. The van der Waals surface area contributed by atoms with Gasteiger partial charge >= 0.3 is 5.76 Å². The standard InChI is InChI=1S/C12H11N5O2/c1-13-10-6-14-16-11(15-10)7-3-4-9-8(5-7)17(2)12(18)19-9/h3-6H,1-2H3,(H,13,15,16). The summed E-state index contributed by atoms with van der Waals surface area (Å²) in [5.41, 5.74) is 2.00. The molecule has 2 heterocycles. The maximum absolute atomic E-state index is 11.4. The summed E-state index contributed by atoms with van der Waals surface area (Å²) in [4.78, 5) is 15.7. The van der Waals surface area contributed by atoms with E-state index in [1.165, 1.54) is 10.8 Å². The lowest BCUT2D eigenvalue weighted by atomic mass is 10.2. The molecule has 19 heavy (non-hydrogen) atoms. The van der Waals surface area contributed by atoms with Crippen LogP contribution in [0.3, 0.4) is 0 Å². The molecule has 7 nitrogen and oxygen atoms in total. The van der Waals surface area contributed by atoms with Crippen LogP contribution in [0, 0.1) is 0 Å². The maximum Gasteiger partial charge on any atom is 0.419 e. The molecule has 0 saturated carbocycles. The molecular formula is C12H11N5O2. The lowest BCUT2D eigenvalue weighted by Gasteiger charge is -2.02. The number of rotatable bonds is 2. The normalized spacial score (nSPS) is 10.8. The van der Waals surface area contributed by atoms with Gasteiger partial charge in [0.1, 0.15) is 5.82 Å². The molecule has 0 aliphatic rings. The van der Waals surface area contributed by atoms with E-state index >= 15 is 0 Å². The number of nitrogens with one attached hydrogen (secondary N) is 1. The molecule has 0 aliphatic heterocycles. The summed E-state index contributed by atoms with van der Waals surface area (Å²) in [6.45, 7) is 0. The summed E-state index contributed by atoms with van der Waals surface area (Å²) in [7, 11) is 3.41. The fourth-order valence-corrected chi connectivity index (χ4v) is 1.81. The van der Waals surface area contributed by atoms with Crippen molar-refractivity contribution in [3.63, 3.8) is 0 Å². The van der Waals surface area contributed by atoms with Crippen molar-refractivity contribution in [2.45, 2.75) is 0 Å². The zero-order valence-electron chi connectivity index (χ0n) is 10.4. The summed E-state index contributed by atoms with van der Waals surface area (Å²) >= 11 is 0. The molecule has 0 amide bonds. The second-order valence-electron chi connectivity index (χ2n) is 4.02. The van der Waals surface area contributed by atoms with E-state index in [-0.39, 0.29) is 0 Å². The van der Waals surface area contributed by atoms with E-state index in [0.29, 0.717) is 22.7 Å². The van der Waals surface area contributed by atoms with Crippen molar-refractivity contribution < 1.29 is 4.42 Å². The van der Waals surface area contributed by atoms with Gasteiger partial charge in [0.2, 0.25) is 0 Å². The lowest BCUT2D eigenvalue weighted by molar-refractivity contribution is 0.528. The SMILES string of the molecule is CNc1cnnc(-c2ccc3oc(=O)n(C)c3c2)n1. The van der Waals surface area contributed by atoms with Crippen molar-refractivity contribution >= 4 is 16.9 Å². The summed E-state index contributed by atoms with van der Waals surface area (Å²) in [6.07, 6.45) is 1.54. The molecule has 0 aliphatic carbocycles. The van der Waals surface area contributed by atoms with Crippen molar-refractivity contribution in [1.82, 2.24) is 19.7 Å². The molecule has 2 aromatic heterocycles. The molecule has 1 N–H and O–H groups in total. The quantitative estimate of drug-likeness (QED) is 0.737. The van der Waals surface area contributed by atoms with Gasteiger partial charge in [-0.1, -0.05) is 0 Å². The van der Waals surface area contributed by atoms with E-state index in [9.17, 15) is 4.79 Å². The Kier molecular flexibility index (Phi) is 2.52. The number of aryl methyl sites for hydroxylation is 1. The van der Waals surface area contributed by atoms with Crippen LogP contribution in [0.4, 0.5) is 5.82 Å². The van der Waals surface area contributed by atoms with Crippen LogP contribution in [0.15, 0.2) is 33.6 Å². The minimum atomic E-state index is -0.393. The van der Waals surface area contributed by atoms with E-state index in [0.717, 1.165) is 5.56 Å². The number of benzene rings is 1. The Hall–Kier alpha value is -2.70. The predicted octanol–water partition coefficient (Wildman–Crippen LogP) is 1.03. The lowest BCUT2D eigenvalue weighted by Crippen LogP contribution is -2.08. The molecule has 3 aromatic rings. The maximum atomic E-state index is 11.4. The number of fused-ring (bicyclic) bond motifs is 1. The van der Waals surface area contributed by atoms with Gasteiger partial charge in [0, 0.05) is 19.7 Å². The van der Waals surface area contributed by atoms with Crippen LogP contribution >= 0.6 is 0 Å². The molecule has 0 bridgehead atoms. The fourth-order valence-electron chi connectivity index (χ4n) is 1.81. The highest BCUT2D eigenvalue weighted by Crippen LogP contribution is 2.21. The van der Waals surface area contributed by atoms with Gasteiger partial charge in [-0.2, -0.15) is 5.10 Å². The minimum absolute atomic E-state index is 0.393. The second kappa shape index (κ2) is 4.20. The Balaban J connectivity index is 2.19. The van der Waals surface area contributed by atoms with Gasteiger partial charge < -0.3 is 9.73 Å². The van der Waals surface area contributed by atoms with Crippen LogP contribution in [0.25, 0.3) is 22.5 Å². The van der Waals surface area contributed by atoms with Crippen LogP contribution in [0.2, 0.25) is 0 Å². The highest BCUT2D eigenvalue weighted by Gasteiger charge is 2.09. The second-order valence-corrected chi connectivity index (χ2v) is 4.02. The Labute approximate surface area is 107 Å². The first kappa shape index (κ1) is 11.4. The predicted molar refractivity (Wildman–Crippen MR) is 69.8 cm³/mol. The first-order valence-electron chi connectivity index (χ1n) is 5.66. The summed E-state index contributed by atoms with van der Waals surface area (Å²) in [6, 6.07) is 5.32. The van der Waals surface area contributed by atoms with Crippen LogP contribution in [-0.2, 0) is 7.05 Å². The fraction of sp³-hybridized carbons (Fsp3) is 0.167. The zero-order chi connectivity index (χ0) is 13.4. The van der Waals surface area contributed by atoms with E-state index in [1.807, 2.05) is 0 Å². The summed E-state index contributed by atoms with van der Waals surface area (Å²) in [5, 5.41) is 10.8. The van der Waals surface area contributed by atoms with Crippen molar-refractivity contribution in [3.8, 4) is 11.4 Å². The van der Waals surface area contributed by atoms with Gasteiger partial charge in [-0.25, -0.2) is 9.78 Å². The number of anilines is 1. The molecule has 7 heteroatoms. The molecule has 0 atom stereocenters. The largest absolute Gasteiger partial charge is 0.419 e. The van der Waals surface area contributed by atoms with E-state index in [1.54, 1.807) is 32.3 Å². The molecule has 0 saturated heterocycles. The van der Waals surface area contributed by atoms with Gasteiger partial charge in [-0.15, -0.1) is 5.10 Å². The first-order valence-corrected chi connectivity index (χ1v) is 5.66. The van der Waals surface area contributed by atoms with Gasteiger partial charge in [-0.05, 0) is 18.2 Å². The van der Waals surface area contributed by atoms with Crippen LogP contribution in [0.5, 0.6) is 0 Å². The van der Waals surface area contributed by atoms with Gasteiger partial charge in [0.25, 0.3) is 0 Å². The topological polar surface area (TPSA) is 85.8 Å². The van der Waals surface area contributed by atoms with Crippen molar-refractivity contribution in [1.29, 1.82) is 0 Å². The zero-order valence-corrected chi connectivity index (χ0v) is 10.4. The van der Waals surface area contributed by atoms with Crippen LogP contribution in [-0.4, -0.2) is 26.8 Å². The van der Waals surface area contributed by atoms with Crippen LogP contribution in [0.1, 0.15) is 0 Å². The highest BCUT2D eigenvalue weighted by atomic mass is 16.4. The van der Waals surface area contributed by atoms with E-state index in [2.05, 4.69) is 20.5 Å². The third kappa shape index (κ3) is 1.85. The molecule has 0 unspecified atom stereocenters. The smallest absolute Gasteiger partial charge is 0.408 e. The monoisotopic (exact) mass is 257 g/mol. The molecule has 0 spiro atoms. The Morgan fingerprint density at radius 2 is 2.21 bits per heavy atom. The Morgan fingerprint density at radius 1 is 1.37 bits per heavy atom. The first-order chi connectivity index (χ1) is 9.19. The average molecular weight is 257 g/mol. The van der Waals surface area contributed by atoms with E-state index < -0.39 is 5.76 Å². The summed E-state index contributed by atoms with van der Waals surface area (Å²) in [5.74, 6) is 0.726. The van der Waals surface area contributed by atoms with Crippen molar-refractivity contribution in [2.75, 3.05) is 12.4 Å². The molecule has 0 fully saturated rings. The third-order valence-corrected chi connectivity index (χ3v) is 2.86. The van der Waals surface area contributed by atoms with Crippen LogP contribution < -0.4 is 11.1 Å². The number of hydrogen-bond acceptors (Lipinski definition) is 6. The van der Waals surface area contributed by atoms with Gasteiger partial charge in [-0.3, -0.25) is 4.57 Å². The van der Waals surface area contributed by atoms with Gasteiger partial charge in [0.15, 0.2) is 11.4 Å². The van der Waals surface area contributed by atoms with Crippen molar-refractivity contribution in [3.05, 3.63) is 34.9 Å². The van der Waals surface area contributed by atoms with E-state index in [4.69, 9.17) is 4.42 Å². The molecular weight excluding hydrogens is 246 g/mol. The Morgan fingerprint density at radius 3 is 3.00 bits per heavy atom. The Bertz CT molecular complexity index is 805. The van der Waals surface area contributed by atoms with Gasteiger partial charge in [0.05, 0.1) is 11.7 Å². The molecule has 0 radical (unpaired) electrons. The highest BCUT2D eigenvalue weighted by molar-refractivity contribution is 5.78. The molecule has 1 aromatic carbocycles. The number of oxazole rings is 1. The minimum Gasteiger partial charge on any atom is -0.408 e. The summed E-state index contributed by atoms with van der Waals surface area (Å²) < 4.78 is 6.51. The average Bonchev–Trinajstić information content (AvgIpc) is 2.74. The van der Waals surface area contributed by atoms with Crippen molar-refractivity contribution in [2.24, 2.45) is 7.05 Å².